The number of carbonyl (C=O) groups excluding carboxylic acids is 1. The SMILES string of the molecule is CC(CCc1ccco1)NC(=O)CCCc1c[nH]c2ccccc12. The van der Waals surface area contributed by atoms with Crippen LogP contribution in [0.3, 0.4) is 0 Å². The maximum atomic E-state index is 12.1. The number of aromatic nitrogens is 1. The number of aryl methyl sites for hydroxylation is 2. The number of aromatic amines is 1. The van der Waals surface area contributed by atoms with Crippen LogP contribution in [0.2, 0.25) is 0 Å². The molecule has 1 unspecified atom stereocenters. The second-order valence-corrected chi connectivity index (χ2v) is 6.30. The number of H-pyrrole nitrogens is 1. The first-order valence-corrected chi connectivity index (χ1v) is 8.59. The zero-order valence-corrected chi connectivity index (χ0v) is 14.0. The van der Waals surface area contributed by atoms with Crippen LogP contribution in [0.4, 0.5) is 0 Å². The molecule has 0 fully saturated rings. The minimum atomic E-state index is 0.127. The monoisotopic (exact) mass is 324 g/mol. The van der Waals surface area contributed by atoms with Crippen molar-refractivity contribution in [2.24, 2.45) is 0 Å². The van der Waals surface area contributed by atoms with E-state index in [1.165, 1.54) is 10.9 Å². The summed E-state index contributed by atoms with van der Waals surface area (Å²) in [5, 5.41) is 4.33. The largest absolute Gasteiger partial charge is 0.469 e. The van der Waals surface area contributed by atoms with Crippen LogP contribution in [0.15, 0.2) is 53.3 Å². The first kappa shape index (κ1) is 16.4. The van der Waals surface area contributed by atoms with Crippen molar-refractivity contribution in [1.82, 2.24) is 10.3 Å². The Kier molecular flexibility index (Phi) is 5.36. The summed E-state index contributed by atoms with van der Waals surface area (Å²) in [5.41, 5.74) is 2.44. The van der Waals surface area contributed by atoms with E-state index in [0.717, 1.165) is 37.0 Å². The van der Waals surface area contributed by atoms with Crippen molar-refractivity contribution in [2.45, 2.75) is 45.1 Å². The Morgan fingerprint density at radius 1 is 1.21 bits per heavy atom. The Morgan fingerprint density at radius 2 is 2.08 bits per heavy atom. The average molecular weight is 324 g/mol. The molecule has 4 heteroatoms. The molecular weight excluding hydrogens is 300 g/mol. The van der Waals surface area contributed by atoms with Crippen molar-refractivity contribution in [3.05, 3.63) is 60.2 Å². The number of fused-ring (bicyclic) bond motifs is 1. The molecule has 3 aromatic rings. The van der Waals surface area contributed by atoms with E-state index in [1.54, 1.807) is 6.26 Å². The highest BCUT2D eigenvalue weighted by atomic mass is 16.3. The van der Waals surface area contributed by atoms with Crippen LogP contribution < -0.4 is 5.32 Å². The first-order valence-electron chi connectivity index (χ1n) is 8.59. The van der Waals surface area contributed by atoms with Crippen molar-refractivity contribution in [3.8, 4) is 0 Å². The van der Waals surface area contributed by atoms with Gasteiger partial charge >= 0.3 is 0 Å². The fourth-order valence-corrected chi connectivity index (χ4v) is 3.01. The lowest BCUT2D eigenvalue weighted by Crippen LogP contribution is -2.32. The summed E-state index contributed by atoms with van der Waals surface area (Å²) in [7, 11) is 0. The lowest BCUT2D eigenvalue weighted by Gasteiger charge is -2.13. The average Bonchev–Trinajstić information content (AvgIpc) is 3.23. The van der Waals surface area contributed by atoms with Gasteiger partial charge in [0.15, 0.2) is 0 Å². The predicted molar refractivity (Wildman–Crippen MR) is 95.9 cm³/mol. The molecule has 2 heterocycles. The lowest BCUT2D eigenvalue weighted by molar-refractivity contribution is -0.121. The van der Waals surface area contributed by atoms with Gasteiger partial charge in [0.2, 0.25) is 5.91 Å². The number of para-hydroxylation sites is 1. The van der Waals surface area contributed by atoms with Gasteiger partial charge in [-0.1, -0.05) is 18.2 Å². The van der Waals surface area contributed by atoms with Gasteiger partial charge in [-0.2, -0.15) is 0 Å². The molecule has 0 aliphatic carbocycles. The van der Waals surface area contributed by atoms with Gasteiger partial charge in [0.1, 0.15) is 5.76 Å². The molecule has 4 nitrogen and oxygen atoms in total. The van der Waals surface area contributed by atoms with E-state index in [9.17, 15) is 4.79 Å². The van der Waals surface area contributed by atoms with Crippen molar-refractivity contribution in [2.75, 3.05) is 0 Å². The molecule has 24 heavy (non-hydrogen) atoms. The molecule has 0 aliphatic heterocycles. The third kappa shape index (κ3) is 4.28. The Morgan fingerprint density at radius 3 is 2.92 bits per heavy atom. The van der Waals surface area contributed by atoms with Gasteiger partial charge in [0.05, 0.1) is 6.26 Å². The Bertz CT molecular complexity index is 774. The van der Waals surface area contributed by atoms with Crippen LogP contribution in [0.5, 0.6) is 0 Å². The van der Waals surface area contributed by atoms with Gasteiger partial charge in [-0.15, -0.1) is 0 Å². The number of nitrogens with one attached hydrogen (secondary N) is 2. The fraction of sp³-hybridized carbons (Fsp3) is 0.350. The standard InChI is InChI=1S/C20H24N2O2/c1-15(11-12-17-7-5-13-24-17)22-20(23)10-4-6-16-14-21-19-9-3-2-8-18(16)19/h2-3,5,7-9,13-15,21H,4,6,10-12H2,1H3,(H,22,23). The maximum absolute atomic E-state index is 12.1. The number of hydrogen-bond donors (Lipinski definition) is 2. The maximum Gasteiger partial charge on any atom is 0.220 e. The number of carbonyl (C=O) groups is 1. The molecule has 1 atom stereocenters. The summed E-state index contributed by atoms with van der Waals surface area (Å²) in [5.74, 6) is 1.09. The van der Waals surface area contributed by atoms with E-state index < -0.39 is 0 Å². The van der Waals surface area contributed by atoms with E-state index in [2.05, 4.69) is 28.6 Å². The van der Waals surface area contributed by atoms with E-state index in [1.807, 2.05) is 31.2 Å². The smallest absolute Gasteiger partial charge is 0.220 e. The quantitative estimate of drug-likeness (QED) is 0.652. The molecule has 0 saturated carbocycles. The summed E-state index contributed by atoms with van der Waals surface area (Å²) < 4.78 is 5.31. The van der Waals surface area contributed by atoms with Crippen LogP contribution >= 0.6 is 0 Å². The molecule has 3 rings (SSSR count). The summed E-state index contributed by atoms with van der Waals surface area (Å²) in [6.45, 7) is 2.04. The van der Waals surface area contributed by atoms with Gasteiger partial charge in [0.25, 0.3) is 0 Å². The second-order valence-electron chi connectivity index (χ2n) is 6.30. The number of amides is 1. The second kappa shape index (κ2) is 7.86. The molecule has 0 radical (unpaired) electrons. The predicted octanol–water partition coefficient (Wildman–Crippen LogP) is 4.22. The van der Waals surface area contributed by atoms with E-state index in [-0.39, 0.29) is 11.9 Å². The third-order valence-electron chi connectivity index (χ3n) is 4.34. The van der Waals surface area contributed by atoms with E-state index in [0.29, 0.717) is 6.42 Å². The van der Waals surface area contributed by atoms with Crippen LogP contribution in [0, 0.1) is 0 Å². The van der Waals surface area contributed by atoms with Crippen LogP contribution in [-0.4, -0.2) is 16.9 Å². The Hall–Kier alpha value is -2.49. The fourth-order valence-electron chi connectivity index (χ4n) is 3.01. The molecule has 0 bridgehead atoms. The minimum Gasteiger partial charge on any atom is -0.469 e. The lowest BCUT2D eigenvalue weighted by atomic mass is 10.1. The van der Waals surface area contributed by atoms with Crippen LogP contribution in [-0.2, 0) is 17.6 Å². The molecular formula is C20H24N2O2. The summed E-state index contributed by atoms with van der Waals surface area (Å²) >= 11 is 0. The summed E-state index contributed by atoms with van der Waals surface area (Å²) in [6, 6.07) is 12.3. The first-order chi connectivity index (χ1) is 11.7. The summed E-state index contributed by atoms with van der Waals surface area (Å²) in [4.78, 5) is 15.3. The number of hydrogen-bond acceptors (Lipinski definition) is 2. The highest BCUT2D eigenvalue weighted by molar-refractivity contribution is 5.83. The van der Waals surface area contributed by atoms with Gasteiger partial charge in [-0.05, 0) is 49.9 Å². The normalized spacial score (nSPS) is 12.4. The number of benzene rings is 1. The van der Waals surface area contributed by atoms with Gasteiger partial charge < -0.3 is 14.7 Å². The highest BCUT2D eigenvalue weighted by Gasteiger charge is 2.09. The minimum absolute atomic E-state index is 0.127. The molecule has 0 spiro atoms. The van der Waals surface area contributed by atoms with Crippen LogP contribution in [0.1, 0.15) is 37.5 Å². The Labute approximate surface area is 142 Å². The Balaban J connectivity index is 1.39. The molecule has 2 N–H and O–H groups in total. The summed E-state index contributed by atoms with van der Waals surface area (Å²) in [6.07, 6.45) is 7.81. The number of rotatable bonds is 8. The molecule has 1 aromatic carbocycles. The van der Waals surface area contributed by atoms with Gasteiger partial charge in [-0.3, -0.25) is 4.79 Å². The van der Waals surface area contributed by atoms with E-state index in [4.69, 9.17) is 4.42 Å². The molecule has 2 aromatic heterocycles. The topological polar surface area (TPSA) is 58.0 Å². The van der Waals surface area contributed by atoms with Crippen molar-refractivity contribution < 1.29 is 9.21 Å². The molecule has 1 amide bonds. The van der Waals surface area contributed by atoms with Crippen molar-refractivity contribution in [3.63, 3.8) is 0 Å². The molecule has 0 saturated heterocycles. The third-order valence-corrected chi connectivity index (χ3v) is 4.34. The zero-order valence-electron chi connectivity index (χ0n) is 14.0. The van der Waals surface area contributed by atoms with Crippen molar-refractivity contribution in [1.29, 1.82) is 0 Å². The highest BCUT2D eigenvalue weighted by Crippen LogP contribution is 2.19. The van der Waals surface area contributed by atoms with Crippen LogP contribution in [0.25, 0.3) is 10.9 Å². The van der Waals surface area contributed by atoms with Gasteiger partial charge in [0, 0.05) is 36.0 Å². The molecule has 126 valence electrons. The van der Waals surface area contributed by atoms with Crippen molar-refractivity contribution >= 4 is 16.8 Å². The number of furan rings is 1. The van der Waals surface area contributed by atoms with E-state index >= 15 is 0 Å². The molecule has 0 aliphatic rings. The van der Waals surface area contributed by atoms with Gasteiger partial charge in [-0.25, -0.2) is 0 Å². The zero-order chi connectivity index (χ0) is 16.8.